The van der Waals surface area contributed by atoms with Crippen LogP contribution >= 0.6 is 11.6 Å². The molecule has 0 saturated heterocycles. The highest BCUT2D eigenvalue weighted by Crippen LogP contribution is 2.66. The van der Waals surface area contributed by atoms with Crippen LogP contribution in [0.15, 0.2) is 0 Å². The Bertz CT molecular complexity index is 442. The molecule has 0 atom stereocenters. The Morgan fingerprint density at radius 2 is 0.913 bits per heavy atom. The highest BCUT2D eigenvalue weighted by molar-refractivity contribution is 6.63. The first-order chi connectivity index (χ1) is 9.67. The zero-order valence-electron chi connectivity index (χ0n) is 9.91. The Balaban J connectivity index is 6.87. The maximum Gasteiger partial charge on any atom is 0.459 e. The SMILES string of the molecule is O=C(Cl)CC(C(F)(F)F)(C(F)(F)F)C(F)(F)C(F)(F)C(F)(F)F. The lowest BCUT2D eigenvalue weighted by molar-refractivity contribution is -0.459. The number of carbonyl (C=O) groups is 1. The summed E-state index contributed by atoms with van der Waals surface area (Å²) in [7, 11) is 0. The molecule has 1 nitrogen and oxygen atoms in total. The monoisotopic (exact) mass is 396 g/mol. The summed E-state index contributed by atoms with van der Waals surface area (Å²) in [5, 5.41) is -2.85. The topological polar surface area (TPSA) is 17.1 Å². The first kappa shape index (κ1) is 22.1. The molecule has 23 heavy (non-hydrogen) atoms. The van der Waals surface area contributed by atoms with Gasteiger partial charge >= 0.3 is 30.4 Å². The molecule has 15 heteroatoms. The van der Waals surface area contributed by atoms with E-state index in [1.807, 2.05) is 0 Å². The maximum atomic E-state index is 13.2. The Kier molecular flexibility index (Phi) is 5.32. The smallest absolute Gasteiger partial charge is 0.281 e. The number of hydrogen-bond acceptors (Lipinski definition) is 1. The van der Waals surface area contributed by atoms with Crippen LogP contribution in [0.2, 0.25) is 0 Å². The van der Waals surface area contributed by atoms with Crippen molar-refractivity contribution >= 4 is 16.8 Å². The van der Waals surface area contributed by atoms with Crippen molar-refractivity contribution in [3.8, 4) is 0 Å². The summed E-state index contributed by atoms with van der Waals surface area (Å²) < 4.78 is 163. The Hall–Kier alpha value is -0.950. The summed E-state index contributed by atoms with van der Waals surface area (Å²) in [6.45, 7) is 0. The molecule has 0 saturated carbocycles. The number of rotatable bonds is 4. The van der Waals surface area contributed by atoms with E-state index in [0.717, 1.165) is 0 Å². The molecule has 0 amide bonds. The van der Waals surface area contributed by atoms with E-state index in [4.69, 9.17) is 0 Å². The van der Waals surface area contributed by atoms with E-state index in [1.165, 1.54) is 0 Å². The van der Waals surface area contributed by atoms with Gasteiger partial charge < -0.3 is 0 Å². The maximum absolute atomic E-state index is 13.2. The molecule has 0 heterocycles. The van der Waals surface area contributed by atoms with Crippen molar-refractivity contribution in [2.24, 2.45) is 5.41 Å². The van der Waals surface area contributed by atoms with Gasteiger partial charge in [0.1, 0.15) is 0 Å². The van der Waals surface area contributed by atoms with Crippen LogP contribution in [-0.4, -0.2) is 35.6 Å². The third kappa shape index (κ3) is 3.18. The lowest BCUT2D eigenvalue weighted by Crippen LogP contribution is -2.70. The quantitative estimate of drug-likeness (QED) is 0.478. The molecule has 0 N–H and O–H groups in total. The molecule has 0 aromatic rings. The van der Waals surface area contributed by atoms with Gasteiger partial charge in [-0.25, -0.2) is 0 Å². The lowest BCUT2D eigenvalue weighted by atomic mass is 9.73. The van der Waals surface area contributed by atoms with Gasteiger partial charge in [0.2, 0.25) is 10.7 Å². The van der Waals surface area contributed by atoms with Gasteiger partial charge in [-0.1, -0.05) is 0 Å². The molecule has 0 bridgehead atoms. The zero-order valence-corrected chi connectivity index (χ0v) is 10.7. The third-order valence-corrected chi connectivity index (χ3v) is 2.79. The van der Waals surface area contributed by atoms with Gasteiger partial charge in [0, 0.05) is 0 Å². The molecular weight excluding hydrogens is 395 g/mol. The summed E-state index contributed by atoms with van der Waals surface area (Å²) in [4.78, 5) is 10.3. The molecule has 0 radical (unpaired) electrons. The first-order valence-corrected chi connectivity index (χ1v) is 5.18. The molecule has 0 aliphatic carbocycles. The summed E-state index contributed by atoms with van der Waals surface area (Å²) in [6.07, 6.45) is -25.9. The molecule has 138 valence electrons. The molecular formula is C8H2ClF13O. The van der Waals surface area contributed by atoms with Crippen molar-refractivity contribution in [3.63, 3.8) is 0 Å². The summed E-state index contributed by atoms with van der Waals surface area (Å²) >= 11 is 4.15. The molecule has 0 spiro atoms. The number of carbonyl (C=O) groups excluding carboxylic acids is 1. The van der Waals surface area contributed by atoms with Gasteiger partial charge in [-0.05, 0) is 11.6 Å². The van der Waals surface area contributed by atoms with E-state index in [0.29, 0.717) is 0 Å². The van der Waals surface area contributed by atoms with Crippen LogP contribution in [0.5, 0.6) is 0 Å². The minimum atomic E-state index is -7.82. The van der Waals surface area contributed by atoms with Crippen molar-refractivity contribution in [2.45, 2.75) is 36.8 Å². The van der Waals surface area contributed by atoms with Gasteiger partial charge in [0.25, 0.3) is 0 Å². The van der Waals surface area contributed by atoms with Crippen molar-refractivity contribution < 1.29 is 61.9 Å². The molecule has 0 rings (SSSR count). The molecule has 0 aromatic carbocycles. The Morgan fingerprint density at radius 3 is 1.09 bits per heavy atom. The first-order valence-electron chi connectivity index (χ1n) is 4.81. The van der Waals surface area contributed by atoms with Crippen molar-refractivity contribution in [1.29, 1.82) is 0 Å². The highest BCUT2D eigenvalue weighted by atomic mass is 35.5. The third-order valence-electron chi connectivity index (χ3n) is 2.66. The summed E-state index contributed by atoms with van der Waals surface area (Å²) in [6, 6.07) is 0. The Labute approximate surface area is 122 Å². The second-order valence-electron chi connectivity index (χ2n) is 4.08. The predicted octanol–water partition coefficient (Wildman–Crippen LogP) is 5.09. The van der Waals surface area contributed by atoms with E-state index < -0.39 is 47.5 Å². The largest absolute Gasteiger partial charge is 0.459 e. The van der Waals surface area contributed by atoms with Crippen LogP contribution < -0.4 is 0 Å². The number of alkyl halides is 13. The van der Waals surface area contributed by atoms with Crippen molar-refractivity contribution in [1.82, 2.24) is 0 Å². The average Bonchev–Trinajstić information content (AvgIpc) is 2.19. The van der Waals surface area contributed by atoms with Gasteiger partial charge in [0.05, 0.1) is 6.42 Å². The fourth-order valence-electron chi connectivity index (χ4n) is 1.48. The van der Waals surface area contributed by atoms with E-state index in [-0.39, 0.29) is 0 Å². The fraction of sp³-hybridized carbons (Fsp3) is 0.875. The number of hydrogen-bond donors (Lipinski definition) is 0. The van der Waals surface area contributed by atoms with E-state index in [1.54, 1.807) is 0 Å². The standard InChI is InChI=1S/C8H2ClF13O/c9-2(23)1-3(6(14,15)16,7(17,18)19)4(10,11)5(12,13)8(20,21)22/h1H2. The molecule has 0 aliphatic heterocycles. The molecule has 0 fully saturated rings. The second-order valence-corrected chi connectivity index (χ2v) is 4.50. The minimum absolute atomic E-state index is 2.85. The van der Waals surface area contributed by atoms with Crippen LogP contribution in [0.4, 0.5) is 57.1 Å². The predicted molar refractivity (Wildman–Crippen MR) is 46.0 cm³/mol. The summed E-state index contributed by atoms with van der Waals surface area (Å²) in [5.74, 6) is -15.6. The van der Waals surface area contributed by atoms with Gasteiger partial charge in [-0.2, -0.15) is 57.1 Å². The van der Waals surface area contributed by atoms with Gasteiger partial charge in [-0.3, -0.25) is 4.79 Å². The molecule has 0 unspecified atom stereocenters. The lowest BCUT2D eigenvalue weighted by Gasteiger charge is -2.44. The Morgan fingerprint density at radius 1 is 0.609 bits per heavy atom. The van der Waals surface area contributed by atoms with Crippen molar-refractivity contribution in [2.75, 3.05) is 0 Å². The van der Waals surface area contributed by atoms with Crippen LogP contribution in [0.25, 0.3) is 0 Å². The minimum Gasteiger partial charge on any atom is -0.281 e. The van der Waals surface area contributed by atoms with Crippen LogP contribution in [0.3, 0.4) is 0 Å². The fourth-order valence-corrected chi connectivity index (χ4v) is 1.68. The summed E-state index contributed by atoms with van der Waals surface area (Å²) in [5.41, 5.74) is -7.05. The molecule has 0 aromatic heterocycles. The van der Waals surface area contributed by atoms with E-state index >= 15 is 0 Å². The van der Waals surface area contributed by atoms with Crippen molar-refractivity contribution in [3.05, 3.63) is 0 Å². The van der Waals surface area contributed by atoms with E-state index in [2.05, 4.69) is 11.6 Å². The normalized spacial score (nSPS) is 15.7. The van der Waals surface area contributed by atoms with E-state index in [9.17, 15) is 61.9 Å². The average molecular weight is 397 g/mol. The zero-order chi connectivity index (χ0) is 19.3. The van der Waals surface area contributed by atoms with Crippen LogP contribution in [0.1, 0.15) is 6.42 Å². The second kappa shape index (κ2) is 5.55. The van der Waals surface area contributed by atoms with Gasteiger partial charge in [-0.15, -0.1) is 0 Å². The number of halogens is 14. The van der Waals surface area contributed by atoms with Crippen LogP contribution in [-0.2, 0) is 4.79 Å². The van der Waals surface area contributed by atoms with Crippen LogP contribution in [0, 0.1) is 5.41 Å². The molecule has 0 aliphatic rings. The highest BCUT2D eigenvalue weighted by Gasteiger charge is 2.92. The van der Waals surface area contributed by atoms with Gasteiger partial charge in [0.15, 0.2) is 0 Å².